The molecule has 3 nitrogen and oxygen atoms in total. The van der Waals surface area contributed by atoms with Crippen LogP contribution >= 0.6 is 0 Å². The predicted octanol–water partition coefficient (Wildman–Crippen LogP) is 2.37. The Morgan fingerprint density at radius 1 is 1.40 bits per heavy atom. The molecule has 0 fully saturated rings. The Bertz CT molecular complexity index is 281. The first-order valence-electron chi connectivity index (χ1n) is 5.55. The molecule has 0 saturated carbocycles. The van der Waals surface area contributed by atoms with E-state index in [1.807, 2.05) is 0 Å². The molecule has 1 aromatic heterocycles. The van der Waals surface area contributed by atoms with Crippen molar-refractivity contribution in [3.8, 4) is 0 Å². The summed E-state index contributed by atoms with van der Waals surface area (Å²) in [4.78, 5) is 0. The molecule has 1 heterocycles. The Hall–Kier alpha value is -0.800. The maximum Gasteiger partial charge on any atom is 0.0587 e. The molecule has 0 aliphatic heterocycles. The van der Waals surface area contributed by atoms with Crippen molar-refractivity contribution in [2.24, 2.45) is 0 Å². The van der Waals surface area contributed by atoms with E-state index in [1.165, 1.54) is 5.56 Å². The number of hydrogen-bond donors (Lipinski definition) is 1. The van der Waals surface area contributed by atoms with Crippen molar-refractivity contribution < 1.29 is 4.74 Å². The fourth-order valence-electron chi connectivity index (χ4n) is 1.50. The molecule has 0 radical (unpaired) electrons. The number of nitrogens with one attached hydrogen (secondary N) is 1. The standard InChI is InChI=1S/C12H22N2O/c1-10(2)14-7-5-12(9-14)11(3)13-6-8-15-4/h5,7,9-11,13H,6,8H2,1-4H3/t11-/m0/s1. The molecule has 0 aromatic carbocycles. The van der Waals surface area contributed by atoms with Crippen LogP contribution in [-0.2, 0) is 4.74 Å². The van der Waals surface area contributed by atoms with Crippen LogP contribution < -0.4 is 5.32 Å². The Morgan fingerprint density at radius 3 is 2.67 bits per heavy atom. The fourth-order valence-corrected chi connectivity index (χ4v) is 1.50. The van der Waals surface area contributed by atoms with Gasteiger partial charge in [0.05, 0.1) is 6.61 Å². The van der Waals surface area contributed by atoms with Crippen molar-refractivity contribution in [2.45, 2.75) is 32.9 Å². The lowest BCUT2D eigenvalue weighted by atomic mass is 10.2. The molecule has 15 heavy (non-hydrogen) atoms. The lowest BCUT2D eigenvalue weighted by molar-refractivity contribution is 0.196. The Labute approximate surface area is 92.4 Å². The van der Waals surface area contributed by atoms with E-state index < -0.39 is 0 Å². The number of ether oxygens (including phenoxy) is 1. The molecule has 0 aliphatic rings. The van der Waals surface area contributed by atoms with Gasteiger partial charge in [-0.2, -0.15) is 0 Å². The number of aromatic nitrogens is 1. The molecule has 0 aliphatic carbocycles. The second-order valence-electron chi connectivity index (χ2n) is 4.15. The molecule has 0 amide bonds. The molecule has 1 rings (SSSR count). The van der Waals surface area contributed by atoms with E-state index in [-0.39, 0.29) is 0 Å². The van der Waals surface area contributed by atoms with Gasteiger partial charge >= 0.3 is 0 Å². The average Bonchev–Trinajstić information content (AvgIpc) is 2.66. The molecule has 1 N–H and O–H groups in total. The van der Waals surface area contributed by atoms with E-state index in [9.17, 15) is 0 Å². The van der Waals surface area contributed by atoms with Gasteiger partial charge in [-0.15, -0.1) is 0 Å². The number of hydrogen-bond acceptors (Lipinski definition) is 2. The third-order valence-corrected chi connectivity index (χ3v) is 2.59. The van der Waals surface area contributed by atoms with Crippen molar-refractivity contribution in [1.82, 2.24) is 9.88 Å². The van der Waals surface area contributed by atoms with Gasteiger partial charge in [-0.3, -0.25) is 0 Å². The summed E-state index contributed by atoms with van der Waals surface area (Å²) in [5, 5.41) is 3.41. The predicted molar refractivity (Wildman–Crippen MR) is 63.1 cm³/mol. The second kappa shape index (κ2) is 5.93. The van der Waals surface area contributed by atoms with Gasteiger partial charge in [-0.05, 0) is 32.4 Å². The topological polar surface area (TPSA) is 26.2 Å². The van der Waals surface area contributed by atoms with Crippen molar-refractivity contribution in [1.29, 1.82) is 0 Å². The number of nitrogens with zero attached hydrogens (tertiary/aromatic N) is 1. The molecule has 0 bridgehead atoms. The van der Waals surface area contributed by atoms with Gasteiger partial charge in [-0.25, -0.2) is 0 Å². The SMILES string of the molecule is COCCN[C@@H](C)c1ccn(C(C)C)c1. The van der Waals surface area contributed by atoms with Crippen LogP contribution in [0.4, 0.5) is 0 Å². The zero-order chi connectivity index (χ0) is 11.3. The van der Waals surface area contributed by atoms with E-state index in [1.54, 1.807) is 7.11 Å². The molecular formula is C12H22N2O. The lowest BCUT2D eigenvalue weighted by Crippen LogP contribution is -2.22. The van der Waals surface area contributed by atoms with Gasteiger partial charge in [0, 0.05) is 38.1 Å². The minimum absolute atomic E-state index is 0.389. The largest absolute Gasteiger partial charge is 0.383 e. The molecule has 86 valence electrons. The van der Waals surface area contributed by atoms with Crippen molar-refractivity contribution in [2.75, 3.05) is 20.3 Å². The second-order valence-corrected chi connectivity index (χ2v) is 4.15. The molecule has 0 unspecified atom stereocenters. The highest BCUT2D eigenvalue weighted by Crippen LogP contribution is 2.15. The van der Waals surface area contributed by atoms with Gasteiger partial charge in [0.1, 0.15) is 0 Å². The van der Waals surface area contributed by atoms with Crippen LogP contribution in [-0.4, -0.2) is 24.8 Å². The maximum atomic E-state index is 5.00. The Balaban J connectivity index is 2.47. The van der Waals surface area contributed by atoms with E-state index in [0.29, 0.717) is 12.1 Å². The molecule has 0 spiro atoms. The third kappa shape index (κ3) is 3.68. The monoisotopic (exact) mass is 210 g/mol. The van der Waals surface area contributed by atoms with E-state index in [4.69, 9.17) is 4.74 Å². The molecule has 0 saturated heterocycles. The number of rotatable bonds is 6. The van der Waals surface area contributed by atoms with E-state index in [2.05, 4.69) is 49.1 Å². The van der Waals surface area contributed by atoms with Crippen LogP contribution in [0.1, 0.15) is 38.4 Å². The highest BCUT2D eigenvalue weighted by atomic mass is 16.5. The zero-order valence-electron chi connectivity index (χ0n) is 10.2. The van der Waals surface area contributed by atoms with Gasteiger partial charge in [0.25, 0.3) is 0 Å². The van der Waals surface area contributed by atoms with Crippen LogP contribution in [0, 0.1) is 0 Å². The highest BCUT2D eigenvalue weighted by molar-refractivity contribution is 5.15. The molecule has 3 heteroatoms. The average molecular weight is 210 g/mol. The van der Waals surface area contributed by atoms with Crippen LogP contribution in [0.3, 0.4) is 0 Å². The number of methoxy groups -OCH3 is 1. The summed E-state index contributed by atoms with van der Waals surface area (Å²) in [6, 6.07) is 3.09. The summed E-state index contributed by atoms with van der Waals surface area (Å²) in [7, 11) is 1.72. The highest BCUT2D eigenvalue weighted by Gasteiger charge is 2.06. The van der Waals surface area contributed by atoms with Crippen LogP contribution in [0.15, 0.2) is 18.5 Å². The van der Waals surface area contributed by atoms with E-state index in [0.717, 1.165) is 13.2 Å². The molecule has 1 aromatic rings. The Morgan fingerprint density at radius 2 is 2.13 bits per heavy atom. The summed E-state index contributed by atoms with van der Waals surface area (Å²) in [6.07, 6.45) is 4.34. The molecular weight excluding hydrogens is 188 g/mol. The smallest absolute Gasteiger partial charge is 0.0587 e. The lowest BCUT2D eigenvalue weighted by Gasteiger charge is -2.12. The van der Waals surface area contributed by atoms with Gasteiger partial charge in [0.2, 0.25) is 0 Å². The van der Waals surface area contributed by atoms with Gasteiger partial charge in [0.15, 0.2) is 0 Å². The first kappa shape index (κ1) is 12.3. The first-order valence-corrected chi connectivity index (χ1v) is 5.55. The zero-order valence-corrected chi connectivity index (χ0v) is 10.2. The summed E-state index contributed by atoms with van der Waals surface area (Å²) >= 11 is 0. The minimum atomic E-state index is 0.389. The van der Waals surface area contributed by atoms with Crippen molar-refractivity contribution in [3.63, 3.8) is 0 Å². The summed E-state index contributed by atoms with van der Waals surface area (Å²) in [5.74, 6) is 0. The van der Waals surface area contributed by atoms with Crippen LogP contribution in [0.5, 0.6) is 0 Å². The molecule has 1 atom stereocenters. The van der Waals surface area contributed by atoms with Gasteiger partial charge in [-0.1, -0.05) is 0 Å². The third-order valence-electron chi connectivity index (χ3n) is 2.59. The minimum Gasteiger partial charge on any atom is -0.383 e. The van der Waals surface area contributed by atoms with Crippen molar-refractivity contribution >= 4 is 0 Å². The maximum absolute atomic E-state index is 5.00. The summed E-state index contributed by atoms with van der Waals surface area (Å²) in [5.41, 5.74) is 1.33. The summed E-state index contributed by atoms with van der Waals surface area (Å²) < 4.78 is 7.23. The van der Waals surface area contributed by atoms with Crippen molar-refractivity contribution in [3.05, 3.63) is 24.0 Å². The van der Waals surface area contributed by atoms with Crippen LogP contribution in [0.2, 0.25) is 0 Å². The normalized spacial score (nSPS) is 13.4. The summed E-state index contributed by atoms with van der Waals surface area (Å²) in [6.45, 7) is 8.20. The first-order chi connectivity index (χ1) is 7.15. The van der Waals surface area contributed by atoms with Gasteiger partial charge < -0.3 is 14.6 Å². The van der Waals surface area contributed by atoms with Crippen LogP contribution in [0.25, 0.3) is 0 Å². The fraction of sp³-hybridized carbons (Fsp3) is 0.667. The van der Waals surface area contributed by atoms with E-state index >= 15 is 0 Å². The Kier molecular flexibility index (Phi) is 4.85. The quantitative estimate of drug-likeness (QED) is 0.729.